The number of phosphoric acid groups is 1. The van der Waals surface area contributed by atoms with E-state index in [0.29, 0.717) is 0 Å². The average molecular weight is 371 g/mol. The summed E-state index contributed by atoms with van der Waals surface area (Å²) in [5, 5.41) is 10.6. The normalized spacial score (nSPS) is 23.2. The maximum atomic E-state index is 13.9. The van der Waals surface area contributed by atoms with Crippen molar-refractivity contribution in [1.29, 1.82) is 0 Å². The first-order valence-electron chi connectivity index (χ1n) is 7.19. The highest BCUT2D eigenvalue weighted by Gasteiger charge is 2.38. The first-order chi connectivity index (χ1) is 11.9. The van der Waals surface area contributed by atoms with E-state index in [1.54, 1.807) is 0 Å². The zero-order valence-corrected chi connectivity index (χ0v) is 13.5. The van der Waals surface area contributed by atoms with Gasteiger partial charge < -0.3 is 4.52 Å². The molecular weight excluding hydrogens is 359 g/mol. The van der Waals surface area contributed by atoms with Crippen LogP contribution in [0.25, 0.3) is 0 Å². The van der Waals surface area contributed by atoms with E-state index in [1.165, 1.54) is 24.3 Å². The Morgan fingerprint density at radius 1 is 1.20 bits per heavy atom. The highest BCUT2D eigenvalue weighted by molar-refractivity contribution is 7.49. The van der Waals surface area contributed by atoms with E-state index in [2.05, 4.69) is 0 Å². The van der Waals surface area contributed by atoms with Gasteiger partial charge in [-0.25, -0.2) is 13.3 Å². The molecule has 3 rings (SSSR count). The Morgan fingerprint density at radius 2 is 1.92 bits per heavy atom. The molecule has 2 unspecified atom stereocenters. The van der Waals surface area contributed by atoms with Crippen molar-refractivity contribution in [2.24, 2.45) is 0 Å². The highest BCUT2D eigenvalue weighted by atomic mass is 31.2. The van der Waals surface area contributed by atoms with Crippen molar-refractivity contribution in [2.75, 3.05) is 6.61 Å². The van der Waals surface area contributed by atoms with Crippen LogP contribution in [0.1, 0.15) is 18.1 Å². The number of phosphoric ester groups is 1. The molecule has 1 saturated heterocycles. The molecule has 0 amide bonds. The van der Waals surface area contributed by atoms with Crippen LogP contribution >= 0.6 is 7.82 Å². The van der Waals surface area contributed by atoms with Crippen LogP contribution in [0.4, 0.5) is 14.5 Å². The number of nitrogens with zero attached hydrogens (tertiary/aromatic N) is 1. The molecular formula is C15H12F2NO6P. The number of non-ortho nitro benzene ring substituents is 1. The largest absolute Gasteiger partial charge is 0.530 e. The van der Waals surface area contributed by atoms with Crippen LogP contribution in [0.2, 0.25) is 0 Å². The summed E-state index contributed by atoms with van der Waals surface area (Å²) in [4.78, 5) is 10.0. The maximum absolute atomic E-state index is 13.9. The fraction of sp³-hybridized carbons (Fsp3) is 0.200. The highest BCUT2D eigenvalue weighted by Crippen LogP contribution is 2.56. The first kappa shape index (κ1) is 17.5. The molecule has 2 atom stereocenters. The summed E-state index contributed by atoms with van der Waals surface area (Å²) in [6.07, 6.45) is -0.845. The Balaban J connectivity index is 1.78. The third-order valence-electron chi connectivity index (χ3n) is 3.48. The average Bonchev–Trinajstić information content (AvgIpc) is 2.57. The van der Waals surface area contributed by atoms with E-state index in [9.17, 15) is 23.5 Å². The van der Waals surface area contributed by atoms with Gasteiger partial charge in [-0.3, -0.25) is 19.2 Å². The van der Waals surface area contributed by atoms with E-state index in [-0.39, 0.29) is 30.0 Å². The molecule has 0 spiro atoms. The molecule has 0 saturated carbocycles. The summed E-state index contributed by atoms with van der Waals surface area (Å²) in [6, 6.07) is 8.39. The number of nitro benzene ring substituents is 1. The zero-order chi connectivity index (χ0) is 18.0. The first-order valence-corrected chi connectivity index (χ1v) is 8.65. The molecule has 132 valence electrons. The lowest BCUT2D eigenvalue weighted by atomic mass is 10.1. The molecule has 0 aliphatic carbocycles. The van der Waals surface area contributed by atoms with Crippen molar-refractivity contribution < 1.29 is 31.8 Å². The number of hydrogen-bond acceptors (Lipinski definition) is 6. The van der Waals surface area contributed by atoms with Crippen molar-refractivity contribution in [2.45, 2.75) is 12.5 Å². The molecule has 1 heterocycles. The summed E-state index contributed by atoms with van der Waals surface area (Å²) >= 11 is 0. The van der Waals surface area contributed by atoms with Gasteiger partial charge in [0, 0.05) is 24.1 Å². The van der Waals surface area contributed by atoms with E-state index in [4.69, 9.17) is 13.6 Å². The Kier molecular flexibility index (Phi) is 4.80. The molecule has 2 aromatic rings. The predicted octanol–water partition coefficient (Wildman–Crippen LogP) is 4.54. The molecule has 25 heavy (non-hydrogen) atoms. The summed E-state index contributed by atoms with van der Waals surface area (Å²) < 4.78 is 55.3. The third kappa shape index (κ3) is 3.84. The van der Waals surface area contributed by atoms with Gasteiger partial charge in [0.25, 0.3) is 5.69 Å². The van der Waals surface area contributed by atoms with Crippen LogP contribution < -0.4 is 4.52 Å². The Bertz CT molecular complexity index is 844. The van der Waals surface area contributed by atoms with Crippen molar-refractivity contribution in [3.05, 3.63) is 69.8 Å². The third-order valence-corrected chi connectivity index (χ3v) is 4.92. The molecule has 0 aromatic heterocycles. The molecule has 7 nitrogen and oxygen atoms in total. The minimum absolute atomic E-state index is 0.0225. The smallest absolute Gasteiger partial charge is 0.404 e. The summed E-state index contributed by atoms with van der Waals surface area (Å²) in [5.74, 6) is -2.11. The monoisotopic (exact) mass is 371 g/mol. The van der Waals surface area contributed by atoms with E-state index in [1.807, 2.05) is 0 Å². The minimum atomic E-state index is -4.09. The van der Waals surface area contributed by atoms with Gasteiger partial charge in [-0.2, -0.15) is 0 Å². The van der Waals surface area contributed by atoms with E-state index < -0.39 is 30.5 Å². The topological polar surface area (TPSA) is 87.9 Å². The number of hydrogen-bond donors (Lipinski definition) is 0. The maximum Gasteiger partial charge on any atom is 0.530 e. The second-order valence-electron chi connectivity index (χ2n) is 5.15. The standard InChI is InChI=1S/C15H12F2NO6P/c16-13-3-1-2-12(15(13)17)14-8-9-22-25(21,24-14)23-11-6-4-10(5-7-11)18(19)20/h1-7,14H,8-9H2. The molecule has 0 radical (unpaired) electrons. The van der Waals surface area contributed by atoms with Gasteiger partial charge >= 0.3 is 7.82 Å². The number of rotatable bonds is 4. The van der Waals surface area contributed by atoms with Crippen LogP contribution in [0.5, 0.6) is 5.75 Å². The van der Waals surface area contributed by atoms with Gasteiger partial charge in [0.05, 0.1) is 11.5 Å². The SMILES string of the molecule is O=[N+]([O-])c1ccc(OP2(=O)OCCC(c3cccc(F)c3F)O2)cc1. The molecule has 0 N–H and O–H groups in total. The Hall–Kier alpha value is -2.35. The molecule has 0 bridgehead atoms. The van der Waals surface area contributed by atoms with Crippen molar-refractivity contribution in [1.82, 2.24) is 0 Å². The fourth-order valence-electron chi connectivity index (χ4n) is 2.30. The molecule has 1 fully saturated rings. The number of nitro groups is 1. The second kappa shape index (κ2) is 6.87. The van der Waals surface area contributed by atoms with Crippen LogP contribution in [0, 0.1) is 21.7 Å². The Labute approximate surface area is 140 Å². The van der Waals surface area contributed by atoms with Crippen LogP contribution in [-0.4, -0.2) is 11.5 Å². The summed E-state index contributed by atoms with van der Waals surface area (Å²) in [7, 11) is -4.09. The lowest BCUT2D eigenvalue weighted by molar-refractivity contribution is -0.384. The van der Waals surface area contributed by atoms with Crippen LogP contribution in [-0.2, 0) is 13.6 Å². The lowest BCUT2D eigenvalue weighted by Crippen LogP contribution is -2.17. The van der Waals surface area contributed by atoms with Gasteiger partial charge in [-0.1, -0.05) is 12.1 Å². The summed E-state index contributed by atoms with van der Waals surface area (Å²) in [5.41, 5.74) is -0.258. The number of halogens is 2. The van der Waals surface area contributed by atoms with Crippen LogP contribution in [0.3, 0.4) is 0 Å². The molecule has 10 heteroatoms. The van der Waals surface area contributed by atoms with E-state index >= 15 is 0 Å². The predicted molar refractivity (Wildman–Crippen MR) is 82.1 cm³/mol. The van der Waals surface area contributed by atoms with Crippen molar-refractivity contribution in [3.63, 3.8) is 0 Å². The molecule has 1 aliphatic rings. The van der Waals surface area contributed by atoms with Crippen LogP contribution in [0.15, 0.2) is 42.5 Å². The van der Waals surface area contributed by atoms with Crippen molar-refractivity contribution in [3.8, 4) is 5.75 Å². The quantitative estimate of drug-likeness (QED) is 0.445. The van der Waals surface area contributed by atoms with Gasteiger partial charge in [0.2, 0.25) is 0 Å². The van der Waals surface area contributed by atoms with E-state index in [0.717, 1.165) is 18.2 Å². The van der Waals surface area contributed by atoms with Gasteiger partial charge in [0.1, 0.15) is 11.9 Å². The minimum Gasteiger partial charge on any atom is -0.404 e. The summed E-state index contributed by atoms with van der Waals surface area (Å²) in [6.45, 7) is -0.0507. The lowest BCUT2D eigenvalue weighted by Gasteiger charge is -2.29. The fourth-order valence-corrected chi connectivity index (χ4v) is 3.69. The zero-order valence-electron chi connectivity index (χ0n) is 12.6. The molecule has 2 aromatic carbocycles. The van der Waals surface area contributed by atoms with Gasteiger partial charge in [0.15, 0.2) is 11.6 Å². The Morgan fingerprint density at radius 3 is 2.60 bits per heavy atom. The van der Waals surface area contributed by atoms with Gasteiger partial charge in [-0.15, -0.1) is 0 Å². The van der Waals surface area contributed by atoms with Gasteiger partial charge in [-0.05, 0) is 18.2 Å². The second-order valence-corrected chi connectivity index (χ2v) is 6.69. The van der Waals surface area contributed by atoms with Crippen molar-refractivity contribution >= 4 is 13.5 Å². The number of benzene rings is 2. The molecule has 1 aliphatic heterocycles.